The standard InChI is InChI=1S/C16H22ClN/c1-16(13-4-5-13,11-18-15-8-9-15)10-12-2-6-14(17)7-3-12/h2-3,6-7,13,15,18H,4-5,8-11H2,1H3. The van der Waals surface area contributed by atoms with Crippen molar-refractivity contribution >= 4 is 11.6 Å². The molecule has 2 saturated carbocycles. The fourth-order valence-corrected chi connectivity index (χ4v) is 2.99. The molecular formula is C16H22ClN. The molecule has 3 rings (SSSR count). The van der Waals surface area contributed by atoms with Gasteiger partial charge in [-0.3, -0.25) is 0 Å². The zero-order valence-electron chi connectivity index (χ0n) is 11.1. The van der Waals surface area contributed by atoms with Crippen molar-refractivity contribution in [2.24, 2.45) is 11.3 Å². The summed E-state index contributed by atoms with van der Waals surface area (Å²) in [5.74, 6) is 0.916. The van der Waals surface area contributed by atoms with Gasteiger partial charge in [0.05, 0.1) is 0 Å². The van der Waals surface area contributed by atoms with Crippen molar-refractivity contribution < 1.29 is 0 Å². The number of hydrogen-bond acceptors (Lipinski definition) is 1. The highest BCUT2D eigenvalue weighted by Gasteiger charge is 2.41. The van der Waals surface area contributed by atoms with Crippen molar-refractivity contribution in [3.63, 3.8) is 0 Å². The molecule has 1 atom stereocenters. The smallest absolute Gasteiger partial charge is 0.0406 e. The minimum absolute atomic E-state index is 0.427. The fourth-order valence-electron chi connectivity index (χ4n) is 2.86. The van der Waals surface area contributed by atoms with Crippen LogP contribution in [-0.4, -0.2) is 12.6 Å². The first-order valence-corrected chi connectivity index (χ1v) is 7.51. The lowest BCUT2D eigenvalue weighted by Gasteiger charge is -2.30. The van der Waals surface area contributed by atoms with Gasteiger partial charge in [0.15, 0.2) is 0 Å². The summed E-state index contributed by atoms with van der Waals surface area (Å²) in [6.07, 6.45) is 6.75. The number of hydrogen-bond donors (Lipinski definition) is 1. The molecule has 1 nitrogen and oxygen atoms in total. The lowest BCUT2D eigenvalue weighted by Crippen LogP contribution is -2.36. The van der Waals surface area contributed by atoms with E-state index < -0.39 is 0 Å². The van der Waals surface area contributed by atoms with Crippen LogP contribution < -0.4 is 5.32 Å². The summed E-state index contributed by atoms with van der Waals surface area (Å²) in [5.41, 5.74) is 1.85. The number of rotatable bonds is 6. The third kappa shape index (κ3) is 3.07. The first-order chi connectivity index (χ1) is 8.66. The summed E-state index contributed by atoms with van der Waals surface area (Å²) >= 11 is 5.96. The van der Waals surface area contributed by atoms with E-state index in [1.807, 2.05) is 12.1 Å². The van der Waals surface area contributed by atoms with Crippen molar-refractivity contribution in [2.75, 3.05) is 6.54 Å². The van der Waals surface area contributed by atoms with Gasteiger partial charge < -0.3 is 5.32 Å². The maximum absolute atomic E-state index is 5.96. The van der Waals surface area contributed by atoms with Crippen LogP contribution in [0.4, 0.5) is 0 Å². The minimum Gasteiger partial charge on any atom is -0.313 e. The van der Waals surface area contributed by atoms with Crippen molar-refractivity contribution in [2.45, 2.75) is 45.1 Å². The molecule has 2 aliphatic carbocycles. The summed E-state index contributed by atoms with van der Waals surface area (Å²) < 4.78 is 0. The van der Waals surface area contributed by atoms with Crippen LogP contribution in [-0.2, 0) is 6.42 Å². The van der Waals surface area contributed by atoms with E-state index in [1.54, 1.807) is 0 Å². The predicted octanol–water partition coefficient (Wildman–Crippen LogP) is 4.05. The molecule has 2 fully saturated rings. The highest BCUT2D eigenvalue weighted by atomic mass is 35.5. The molecule has 0 spiro atoms. The van der Waals surface area contributed by atoms with Crippen molar-refractivity contribution in [1.29, 1.82) is 0 Å². The van der Waals surface area contributed by atoms with E-state index in [1.165, 1.54) is 44.2 Å². The third-order valence-electron chi connectivity index (χ3n) is 4.46. The second-order valence-corrected chi connectivity index (χ2v) is 6.82. The van der Waals surface area contributed by atoms with E-state index in [0.717, 1.165) is 17.0 Å². The van der Waals surface area contributed by atoms with Crippen LogP contribution in [0.25, 0.3) is 0 Å². The van der Waals surface area contributed by atoms with Gasteiger partial charge in [-0.15, -0.1) is 0 Å². The molecule has 0 heterocycles. The van der Waals surface area contributed by atoms with Crippen molar-refractivity contribution in [3.8, 4) is 0 Å². The van der Waals surface area contributed by atoms with Crippen molar-refractivity contribution in [3.05, 3.63) is 34.9 Å². The Morgan fingerprint density at radius 3 is 2.39 bits per heavy atom. The molecule has 2 heteroatoms. The Hall–Kier alpha value is -0.530. The molecule has 0 amide bonds. The van der Waals surface area contributed by atoms with Gasteiger partial charge in [0.2, 0.25) is 0 Å². The van der Waals surface area contributed by atoms with Crippen LogP contribution in [0, 0.1) is 11.3 Å². The van der Waals surface area contributed by atoms with E-state index in [0.29, 0.717) is 5.41 Å². The number of halogens is 1. The summed E-state index contributed by atoms with van der Waals surface area (Å²) in [5, 5.41) is 4.56. The highest BCUT2D eigenvalue weighted by Crippen LogP contribution is 2.47. The predicted molar refractivity (Wildman–Crippen MR) is 77.0 cm³/mol. The average molecular weight is 264 g/mol. The molecule has 1 unspecified atom stereocenters. The van der Waals surface area contributed by atoms with Gasteiger partial charge in [-0.25, -0.2) is 0 Å². The Balaban J connectivity index is 1.66. The maximum atomic E-state index is 5.96. The number of nitrogens with one attached hydrogen (secondary N) is 1. The van der Waals surface area contributed by atoms with Gasteiger partial charge in [-0.2, -0.15) is 0 Å². The summed E-state index contributed by atoms with van der Waals surface area (Å²) in [7, 11) is 0. The zero-order valence-corrected chi connectivity index (χ0v) is 11.8. The largest absolute Gasteiger partial charge is 0.313 e. The van der Waals surface area contributed by atoms with Gasteiger partial charge in [-0.1, -0.05) is 30.7 Å². The molecule has 0 radical (unpaired) electrons. The van der Waals surface area contributed by atoms with Gasteiger partial charge in [0, 0.05) is 17.6 Å². The number of benzene rings is 1. The molecule has 2 aliphatic rings. The van der Waals surface area contributed by atoms with Crippen LogP contribution in [0.3, 0.4) is 0 Å². The first-order valence-electron chi connectivity index (χ1n) is 7.13. The second kappa shape index (κ2) is 4.86. The Morgan fingerprint density at radius 2 is 1.83 bits per heavy atom. The summed E-state index contributed by atoms with van der Waals surface area (Å²) in [6, 6.07) is 9.20. The van der Waals surface area contributed by atoms with Gasteiger partial charge in [0.1, 0.15) is 0 Å². The summed E-state index contributed by atoms with van der Waals surface area (Å²) in [6.45, 7) is 3.62. The van der Waals surface area contributed by atoms with Crippen LogP contribution in [0.5, 0.6) is 0 Å². The average Bonchev–Trinajstić information content (AvgIpc) is 3.21. The lowest BCUT2D eigenvalue weighted by molar-refractivity contribution is 0.255. The van der Waals surface area contributed by atoms with Gasteiger partial charge in [-0.05, 0) is 61.1 Å². The lowest BCUT2D eigenvalue weighted by atomic mass is 9.79. The molecular weight excluding hydrogens is 242 g/mol. The molecule has 1 aromatic rings. The van der Waals surface area contributed by atoms with Gasteiger partial charge >= 0.3 is 0 Å². The SMILES string of the molecule is CC(CNC1CC1)(Cc1ccc(Cl)cc1)C1CC1. The molecule has 0 aromatic heterocycles. The van der Waals surface area contributed by atoms with E-state index >= 15 is 0 Å². The molecule has 0 aliphatic heterocycles. The molecule has 18 heavy (non-hydrogen) atoms. The normalized spacial score (nSPS) is 22.8. The zero-order chi connectivity index (χ0) is 12.6. The molecule has 0 saturated heterocycles. The molecule has 1 aromatic carbocycles. The van der Waals surface area contributed by atoms with Gasteiger partial charge in [0.25, 0.3) is 0 Å². The van der Waals surface area contributed by atoms with Crippen LogP contribution in [0.2, 0.25) is 5.02 Å². The Morgan fingerprint density at radius 1 is 1.17 bits per heavy atom. The Bertz CT molecular complexity index is 406. The maximum Gasteiger partial charge on any atom is 0.0406 e. The third-order valence-corrected chi connectivity index (χ3v) is 4.71. The second-order valence-electron chi connectivity index (χ2n) is 6.39. The van der Waals surface area contributed by atoms with Crippen molar-refractivity contribution in [1.82, 2.24) is 5.32 Å². The van der Waals surface area contributed by atoms with Crippen LogP contribution in [0.15, 0.2) is 24.3 Å². The van der Waals surface area contributed by atoms with E-state index in [-0.39, 0.29) is 0 Å². The monoisotopic (exact) mass is 263 g/mol. The van der Waals surface area contributed by atoms with Crippen LogP contribution >= 0.6 is 11.6 Å². The summed E-state index contributed by atoms with van der Waals surface area (Å²) in [4.78, 5) is 0. The Labute approximate surface area is 115 Å². The topological polar surface area (TPSA) is 12.0 Å². The van der Waals surface area contributed by atoms with E-state index in [2.05, 4.69) is 24.4 Å². The molecule has 98 valence electrons. The van der Waals surface area contributed by atoms with E-state index in [9.17, 15) is 0 Å². The highest BCUT2D eigenvalue weighted by molar-refractivity contribution is 6.30. The molecule has 1 N–H and O–H groups in total. The first kappa shape index (κ1) is 12.5. The quantitative estimate of drug-likeness (QED) is 0.817. The molecule has 0 bridgehead atoms. The Kier molecular flexibility index (Phi) is 3.38. The van der Waals surface area contributed by atoms with E-state index in [4.69, 9.17) is 11.6 Å². The minimum atomic E-state index is 0.427. The van der Waals surface area contributed by atoms with Crippen LogP contribution in [0.1, 0.15) is 38.2 Å². The fraction of sp³-hybridized carbons (Fsp3) is 0.625.